The molecule has 1 atom stereocenters. The number of piperidine rings is 1. The predicted octanol–water partition coefficient (Wildman–Crippen LogP) is 3.43. The van der Waals surface area contributed by atoms with Crippen molar-refractivity contribution in [1.29, 1.82) is 0 Å². The van der Waals surface area contributed by atoms with E-state index in [-0.39, 0.29) is 17.8 Å². The maximum Gasteiger partial charge on any atom is 0.223 e. The first-order valence-corrected chi connectivity index (χ1v) is 9.13. The number of nitrogens with one attached hydrogen (secondary N) is 1. The molecule has 4 rings (SSSR count). The van der Waals surface area contributed by atoms with Crippen LogP contribution >= 0.6 is 0 Å². The monoisotopic (exact) mass is 355 g/mol. The van der Waals surface area contributed by atoms with E-state index in [0.29, 0.717) is 11.9 Å². The van der Waals surface area contributed by atoms with E-state index < -0.39 is 0 Å². The summed E-state index contributed by atoms with van der Waals surface area (Å²) in [7, 11) is 0. The zero-order chi connectivity index (χ0) is 17.9. The van der Waals surface area contributed by atoms with Gasteiger partial charge in [0.15, 0.2) is 0 Å². The number of likely N-dealkylation sites (tertiary alicyclic amines) is 1. The second-order valence-electron chi connectivity index (χ2n) is 6.75. The van der Waals surface area contributed by atoms with E-state index in [1.165, 1.54) is 12.1 Å². The number of aryl methyl sites for hydroxylation is 1. The zero-order valence-electron chi connectivity index (χ0n) is 14.6. The van der Waals surface area contributed by atoms with Crippen LogP contribution in [0.5, 0.6) is 0 Å². The fourth-order valence-electron chi connectivity index (χ4n) is 3.64. The molecule has 1 aliphatic rings. The van der Waals surface area contributed by atoms with Crippen molar-refractivity contribution in [2.24, 2.45) is 0 Å². The van der Waals surface area contributed by atoms with Crippen molar-refractivity contribution >= 4 is 16.9 Å². The molecule has 0 saturated carbocycles. The Hall–Kier alpha value is -2.70. The summed E-state index contributed by atoms with van der Waals surface area (Å²) in [5.74, 6) is 0.613. The second-order valence-corrected chi connectivity index (χ2v) is 6.75. The number of nitrogens with zero attached hydrogens (tertiary/aromatic N) is 4. The van der Waals surface area contributed by atoms with Gasteiger partial charge >= 0.3 is 0 Å². The van der Waals surface area contributed by atoms with E-state index in [1.54, 1.807) is 12.3 Å². The minimum absolute atomic E-state index is 0.0589. The van der Waals surface area contributed by atoms with Gasteiger partial charge in [0.1, 0.15) is 11.6 Å². The van der Waals surface area contributed by atoms with Gasteiger partial charge in [-0.3, -0.25) is 9.48 Å². The predicted molar refractivity (Wildman–Crippen MR) is 95.8 cm³/mol. The number of hydrogen-bond donors (Lipinski definition) is 1. The molecule has 0 bridgehead atoms. The molecule has 1 aliphatic heterocycles. The summed E-state index contributed by atoms with van der Waals surface area (Å²) >= 11 is 0. The minimum atomic E-state index is -0.289. The van der Waals surface area contributed by atoms with E-state index in [9.17, 15) is 9.18 Å². The van der Waals surface area contributed by atoms with Crippen LogP contribution < -0.4 is 0 Å². The lowest BCUT2D eigenvalue weighted by Crippen LogP contribution is -2.39. The molecule has 2 aromatic heterocycles. The first kappa shape index (κ1) is 16.8. The van der Waals surface area contributed by atoms with E-state index >= 15 is 0 Å². The third-order valence-electron chi connectivity index (χ3n) is 4.94. The van der Waals surface area contributed by atoms with Gasteiger partial charge in [0.05, 0.1) is 17.1 Å². The molecule has 1 N–H and O–H groups in total. The smallest absolute Gasteiger partial charge is 0.223 e. The van der Waals surface area contributed by atoms with Gasteiger partial charge < -0.3 is 9.88 Å². The molecule has 7 heteroatoms. The van der Waals surface area contributed by atoms with Crippen molar-refractivity contribution in [2.45, 2.75) is 44.7 Å². The van der Waals surface area contributed by atoms with Crippen LogP contribution in [0.4, 0.5) is 4.39 Å². The van der Waals surface area contributed by atoms with Crippen molar-refractivity contribution in [3.63, 3.8) is 0 Å². The molecular formula is C19H22FN5O. The summed E-state index contributed by atoms with van der Waals surface area (Å²) in [6.45, 7) is 1.48. The SMILES string of the molecule is O=C(CCCn1cccn1)N1CCCC[C@@H]1c1nc2ccc(F)cc2[nH]1. The number of amides is 1. The number of aromatic amines is 1. The van der Waals surface area contributed by atoms with Gasteiger partial charge in [-0.1, -0.05) is 0 Å². The molecule has 3 aromatic rings. The molecular weight excluding hydrogens is 333 g/mol. The highest BCUT2D eigenvalue weighted by atomic mass is 19.1. The molecule has 0 radical (unpaired) electrons. The summed E-state index contributed by atoms with van der Waals surface area (Å²) in [6.07, 6.45) is 7.85. The third-order valence-corrected chi connectivity index (χ3v) is 4.94. The van der Waals surface area contributed by atoms with Crippen LogP contribution in [-0.2, 0) is 11.3 Å². The normalized spacial score (nSPS) is 17.7. The topological polar surface area (TPSA) is 66.8 Å². The molecule has 3 heterocycles. The molecule has 0 spiro atoms. The average Bonchev–Trinajstić information content (AvgIpc) is 3.30. The van der Waals surface area contributed by atoms with E-state index in [1.807, 2.05) is 21.8 Å². The van der Waals surface area contributed by atoms with Crippen LogP contribution in [0.15, 0.2) is 36.7 Å². The Morgan fingerprint density at radius 2 is 2.27 bits per heavy atom. The van der Waals surface area contributed by atoms with E-state index in [2.05, 4.69) is 15.1 Å². The van der Waals surface area contributed by atoms with Crippen molar-refractivity contribution in [3.05, 3.63) is 48.3 Å². The van der Waals surface area contributed by atoms with Gasteiger partial charge in [0, 0.05) is 31.9 Å². The summed E-state index contributed by atoms with van der Waals surface area (Å²) in [6, 6.07) is 6.35. The number of carbonyl (C=O) groups is 1. The number of rotatable bonds is 5. The number of H-pyrrole nitrogens is 1. The Morgan fingerprint density at radius 3 is 3.12 bits per heavy atom. The Balaban J connectivity index is 1.47. The van der Waals surface area contributed by atoms with Gasteiger partial charge in [0.25, 0.3) is 0 Å². The van der Waals surface area contributed by atoms with Crippen molar-refractivity contribution < 1.29 is 9.18 Å². The summed E-state index contributed by atoms with van der Waals surface area (Å²) in [5.41, 5.74) is 1.41. The van der Waals surface area contributed by atoms with Gasteiger partial charge in [-0.05, 0) is 49.9 Å². The standard InChI is InChI=1S/C19H22FN5O/c20-14-7-8-15-16(13-14)23-19(22-15)17-5-1-2-12-25(17)18(26)6-3-10-24-11-4-9-21-24/h4,7-9,11,13,17H,1-3,5-6,10,12H2,(H,22,23)/t17-/m1/s1. The molecule has 6 nitrogen and oxygen atoms in total. The van der Waals surface area contributed by atoms with Crippen LogP contribution in [0.1, 0.15) is 44.0 Å². The molecule has 0 aliphatic carbocycles. The molecule has 1 aromatic carbocycles. The van der Waals surface area contributed by atoms with E-state index in [4.69, 9.17) is 0 Å². The van der Waals surface area contributed by atoms with Crippen molar-refractivity contribution in [1.82, 2.24) is 24.6 Å². The van der Waals surface area contributed by atoms with Crippen LogP contribution in [0, 0.1) is 5.82 Å². The Morgan fingerprint density at radius 1 is 1.35 bits per heavy atom. The first-order chi connectivity index (χ1) is 12.7. The fourth-order valence-corrected chi connectivity index (χ4v) is 3.64. The summed E-state index contributed by atoms with van der Waals surface area (Å²) < 4.78 is 15.3. The number of imidazole rings is 1. The Bertz CT molecular complexity index is 889. The average molecular weight is 355 g/mol. The van der Waals surface area contributed by atoms with Crippen LogP contribution in [0.25, 0.3) is 11.0 Å². The number of halogens is 1. The van der Waals surface area contributed by atoms with Gasteiger partial charge in [-0.2, -0.15) is 5.10 Å². The highest BCUT2D eigenvalue weighted by molar-refractivity contribution is 5.78. The fraction of sp³-hybridized carbons (Fsp3) is 0.421. The van der Waals surface area contributed by atoms with Crippen molar-refractivity contribution in [2.75, 3.05) is 6.54 Å². The number of hydrogen-bond acceptors (Lipinski definition) is 3. The Kier molecular flexibility index (Phi) is 4.69. The lowest BCUT2D eigenvalue weighted by Gasteiger charge is -2.34. The molecule has 1 saturated heterocycles. The van der Waals surface area contributed by atoms with Crippen LogP contribution in [0.2, 0.25) is 0 Å². The lowest BCUT2D eigenvalue weighted by molar-refractivity contribution is -0.135. The largest absolute Gasteiger partial charge is 0.340 e. The number of aromatic nitrogens is 4. The number of fused-ring (bicyclic) bond motifs is 1. The molecule has 1 amide bonds. The first-order valence-electron chi connectivity index (χ1n) is 9.13. The lowest BCUT2D eigenvalue weighted by atomic mass is 10.0. The maximum atomic E-state index is 13.4. The summed E-state index contributed by atoms with van der Waals surface area (Å²) in [4.78, 5) is 22.5. The molecule has 136 valence electrons. The Labute approximate surface area is 151 Å². The van der Waals surface area contributed by atoms with Crippen LogP contribution in [0.3, 0.4) is 0 Å². The zero-order valence-corrected chi connectivity index (χ0v) is 14.6. The van der Waals surface area contributed by atoms with E-state index in [0.717, 1.165) is 50.1 Å². The quantitative estimate of drug-likeness (QED) is 0.762. The molecule has 1 fully saturated rings. The number of benzene rings is 1. The van der Waals surface area contributed by atoms with Gasteiger partial charge in [-0.25, -0.2) is 9.37 Å². The molecule has 26 heavy (non-hydrogen) atoms. The third kappa shape index (κ3) is 3.47. The highest BCUT2D eigenvalue weighted by Gasteiger charge is 2.29. The number of carbonyl (C=O) groups excluding carboxylic acids is 1. The second kappa shape index (κ2) is 7.27. The minimum Gasteiger partial charge on any atom is -0.340 e. The van der Waals surface area contributed by atoms with Crippen molar-refractivity contribution in [3.8, 4) is 0 Å². The maximum absolute atomic E-state index is 13.4. The molecule has 0 unspecified atom stereocenters. The highest BCUT2D eigenvalue weighted by Crippen LogP contribution is 2.31. The summed E-state index contributed by atoms with van der Waals surface area (Å²) in [5, 5.41) is 4.17. The van der Waals surface area contributed by atoms with Crippen LogP contribution in [-0.4, -0.2) is 37.1 Å². The van der Waals surface area contributed by atoms with Gasteiger partial charge in [-0.15, -0.1) is 0 Å². The van der Waals surface area contributed by atoms with Gasteiger partial charge in [0.2, 0.25) is 5.91 Å².